The Morgan fingerprint density at radius 2 is 1.54 bits per heavy atom. The molecule has 0 amide bonds. The van der Waals surface area contributed by atoms with Gasteiger partial charge in [0.15, 0.2) is 0 Å². The second-order valence-electron chi connectivity index (χ2n) is 5.18. The fourth-order valence-electron chi connectivity index (χ4n) is 2.55. The van der Waals surface area contributed by atoms with Gasteiger partial charge in [0.2, 0.25) is 0 Å². The number of halogens is 2. The molecule has 0 aliphatic heterocycles. The van der Waals surface area contributed by atoms with Gasteiger partial charge < -0.3 is 0 Å². The Balaban J connectivity index is 2.09. The predicted octanol–water partition coefficient (Wildman–Crippen LogP) is 3.60. The Morgan fingerprint density at radius 1 is 1.00 bits per heavy atom. The molecule has 124 valence electrons. The normalized spacial score (nSPS) is 11.0. The average Bonchev–Trinajstić information content (AvgIpc) is 3.12. The van der Waals surface area contributed by atoms with Gasteiger partial charge in [-0.05, 0) is 41.6 Å². The highest BCUT2D eigenvalue weighted by molar-refractivity contribution is 7.98. The molecule has 0 aliphatic carbocycles. The first-order valence-corrected chi connectivity index (χ1v) is 8.70. The molecule has 0 atom stereocenters. The lowest BCUT2D eigenvalue weighted by atomic mass is 9.98. The van der Waals surface area contributed by atoms with E-state index in [4.69, 9.17) is 0 Å². The van der Waals surface area contributed by atoms with Gasteiger partial charge in [-0.2, -0.15) is 4.79 Å². The molecule has 1 aromatic heterocycles. The summed E-state index contributed by atoms with van der Waals surface area (Å²) in [6.07, 6.45) is 5.05. The van der Waals surface area contributed by atoms with Crippen LogP contribution in [0, 0.1) is 11.6 Å². The van der Waals surface area contributed by atoms with E-state index < -0.39 is 0 Å². The quantitative estimate of drug-likeness (QED) is 0.639. The van der Waals surface area contributed by atoms with Crippen molar-refractivity contribution in [1.29, 1.82) is 0 Å². The third-order valence-electron chi connectivity index (χ3n) is 3.60. The van der Waals surface area contributed by atoms with Crippen molar-refractivity contribution in [2.45, 2.75) is 6.04 Å². The van der Waals surface area contributed by atoms with Gasteiger partial charge in [-0.3, -0.25) is 5.01 Å². The monoisotopic (exact) mass is 346 g/mol. The molecule has 0 saturated heterocycles. The van der Waals surface area contributed by atoms with E-state index in [9.17, 15) is 8.78 Å². The first kappa shape index (κ1) is 16.4. The van der Waals surface area contributed by atoms with Crippen LogP contribution in [0.25, 0.3) is 0 Å². The van der Waals surface area contributed by atoms with Crippen LogP contribution in [0.2, 0.25) is 0 Å². The van der Waals surface area contributed by atoms with E-state index in [1.807, 2.05) is 11.3 Å². The summed E-state index contributed by atoms with van der Waals surface area (Å²) < 4.78 is 26.7. The van der Waals surface area contributed by atoms with Crippen molar-refractivity contribution in [3.05, 3.63) is 83.9 Å². The zero-order valence-corrected chi connectivity index (χ0v) is 13.8. The van der Waals surface area contributed by atoms with Crippen LogP contribution < -0.4 is 5.01 Å². The first-order valence-electron chi connectivity index (χ1n) is 7.30. The van der Waals surface area contributed by atoms with E-state index in [1.165, 1.54) is 30.6 Å². The number of thioether (sulfide) groups is 1. The molecule has 3 aromatic rings. The average molecular weight is 346 g/mol. The van der Waals surface area contributed by atoms with Crippen molar-refractivity contribution in [1.82, 2.24) is 14.9 Å². The third kappa shape index (κ3) is 3.56. The molecule has 7 heteroatoms. The third-order valence-corrected chi connectivity index (χ3v) is 4.12. The Kier molecular flexibility index (Phi) is 5.10. The molecular formula is C17H16F2N4S. The summed E-state index contributed by atoms with van der Waals surface area (Å²) in [6.45, 7) is 0. The maximum absolute atomic E-state index is 13.3. The van der Waals surface area contributed by atoms with Gasteiger partial charge in [-0.15, -0.1) is 16.9 Å². The van der Waals surface area contributed by atoms with Crippen LogP contribution in [0.15, 0.2) is 61.2 Å². The van der Waals surface area contributed by atoms with E-state index in [2.05, 4.69) is 10.1 Å². The zero-order valence-electron chi connectivity index (χ0n) is 13.0. The van der Waals surface area contributed by atoms with Crippen LogP contribution in [0.3, 0.4) is 0 Å². The SMILES string of the molecule is CSCN(C(c1ccc(F)cc1)c1ccc(F)cc1)n1cncn1. The molecule has 0 aliphatic rings. The summed E-state index contributed by atoms with van der Waals surface area (Å²) in [4.78, 5) is 5.65. The molecule has 1 heterocycles. The van der Waals surface area contributed by atoms with Crippen LogP contribution in [0.5, 0.6) is 0 Å². The van der Waals surface area contributed by atoms with Gasteiger partial charge >= 0.3 is 0 Å². The molecule has 0 bridgehead atoms. The first-order chi connectivity index (χ1) is 11.7. The number of nitrogens with zero attached hydrogens (tertiary/aromatic N) is 4. The van der Waals surface area contributed by atoms with Gasteiger partial charge in [0.1, 0.15) is 24.3 Å². The summed E-state index contributed by atoms with van der Waals surface area (Å²) in [6, 6.07) is 12.4. The van der Waals surface area contributed by atoms with Crippen LogP contribution in [-0.2, 0) is 0 Å². The van der Waals surface area contributed by atoms with Crippen molar-refractivity contribution >= 4 is 11.8 Å². The Hall–Kier alpha value is -2.41. The largest absolute Gasteiger partial charge is 0.274 e. The van der Waals surface area contributed by atoms with E-state index in [-0.39, 0.29) is 17.7 Å². The zero-order chi connectivity index (χ0) is 16.9. The van der Waals surface area contributed by atoms with Crippen molar-refractivity contribution in [2.24, 2.45) is 0 Å². The lowest BCUT2D eigenvalue weighted by Crippen LogP contribution is -2.39. The molecule has 24 heavy (non-hydrogen) atoms. The molecule has 0 saturated carbocycles. The fourth-order valence-corrected chi connectivity index (χ4v) is 3.08. The van der Waals surface area contributed by atoms with Gasteiger partial charge in [-0.1, -0.05) is 24.3 Å². The summed E-state index contributed by atoms with van der Waals surface area (Å²) in [5.41, 5.74) is 1.76. The topological polar surface area (TPSA) is 34.0 Å². The summed E-state index contributed by atoms with van der Waals surface area (Å²) in [7, 11) is 0. The lowest BCUT2D eigenvalue weighted by Gasteiger charge is -2.33. The molecule has 0 N–H and O–H groups in total. The number of aromatic nitrogens is 3. The lowest BCUT2D eigenvalue weighted by molar-refractivity contribution is 0.518. The van der Waals surface area contributed by atoms with Gasteiger partial charge in [0.05, 0.1) is 11.9 Å². The molecule has 0 spiro atoms. The molecule has 3 rings (SSSR count). The van der Waals surface area contributed by atoms with Crippen molar-refractivity contribution in [3.63, 3.8) is 0 Å². The number of hydrogen-bond donors (Lipinski definition) is 0. The van der Waals surface area contributed by atoms with Crippen molar-refractivity contribution in [3.8, 4) is 0 Å². The van der Waals surface area contributed by atoms with E-state index in [0.717, 1.165) is 11.1 Å². The molecule has 0 fully saturated rings. The van der Waals surface area contributed by atoms with Crippen molar-refractivity contribution in [2.75, 3.05) is 17.1 Å². The highest BCUT2D eigenvalue weighted by Crippen LogP contribution is 2.29. The Bertz CT molecular complexity index is 715. The highest BCUT2D eigenvalue weighted by Gasteiger charge is 2.23. The van der Waals surface area contributed by atoms with Gasteiger partial charge in [0.25, 0.3) is 0 Å². The fraction of sp³-hybridized carbons (Fsp3) is 0.176. The Labute approximate surface area is 143 Å². The maximum Gasteiger partial charge on any atom is 0.139 e. The number of hydrogen-bond acceptors (Lipinski definition) is 4. The Morgan fingerprint density at radius 3 is 1.96 bits per heavy atom. The van der Waals surface area contributed by atoms with Crippen LogP contribution in [-0.4, -0.2) is 27.0 Å². The van der Waals surface area contributed by atoms with E-state index in [1.54, 1.807) is 47.1 Å². The maximum atomic E-state index is 13.3. The van der Waals surface area contributed by atoms with Crippen molar-refractivity contribution < 1.29 is 8.78 Å². The molecule has 2 aromatic carbocycles. The molecular weight excluding hydrogens is 330 g/mol. The van der Waals surface area contributed by atoms with E-state index >= 15 is 0 Å². The van der Waals surface area contributed by atoms with Gasteiger partial charge in [0, 0.05) is 0 Å². The standard InChI is InChI=1S/C17H16F2N4S/c1-24-12-22(23-11-20-10-21-23)17(13-2-6-15(18)7-3-13)14-4-8-16(19)9-5-14/h2-11,17H,12H2,1H3. The second kappa shape index (κ2) is 7.44. The molecule has 4 nitrogen and oxygen atoms in total. The minimum Gasteiger partial charge on any atom is -0.274 e. The summed E-state index contributed by atoms with van der Waals surface area (Å²) in [5.74, 6) is 0.0329. The van der Waals surface area contributed by atoms with Crippen LogP contribution in [0.1, 0.15) is 17.2 Å². The summed E-state index contributed by atoms with van der Waals surface area (Å²) >= 11 is 1.62. The van der Waals surface area contributed by atoms with Gasteiger partial charge in [-0.25, -0.2) is 13.8 Å². The van der Waals surface area contributed by atoms with Crippen LogP contribution >= 0.6 is 11.8 Å². The van der Waals surface area contributed by atoms with Crippen LogP contribution in [0.4, 0.5) is 8.78 Å². The predicted molar refractivity (Wildman–Crippen MR) is 91.3 cm³/mol. The molecule has 0 unspecified atom stereocenters. The second-order valence-corrected chi connectivity index (χ2v) is 6.01. The highest BCUT2D eigenvalue weighted by atomic mass is 32.2. The number of rotatable bonds is 6. The smallest absolute Gasteiger partial charge is 0.139 e. The summed E-state index contributed by atoms with van der Waals surface area (Å²) in [5, 5.41) is 6.20. The molecule has 0 radical (unpaired) electrons. The number of benzene rings is 2. The van der Waals surface area contributed by atoms with E-state index in [0.29, 0.717) is 5.88 Å². The minimum absolute atomic E-state index is 0.250. The minimum atomic E-state index is -0.297.